The molecule has 18 heavy (non-hydrogen) atoms. The number of methoxy groups -OCH3 is 1. The van der Waals surface area contributed by atoms with Crippen molar-refractivity contribution in [3.8, 4) is 6.01 Å². The van der Waals surface area contributed by atoms with E-state index in [1.807, 2.05) is 0 Å². The summed E-state index contributed by atoms with van der Waals surface area (Å²) in [4.78, 5) is 11.5. The Morgan fingerprint density at radius 2 is 2.11 bits per heavy atom. The molecule has 0 atom stereocenters. The number of hydrogen-bond acceptors (Lipinski definition) is 5. The summed E-state index contributed by atoms with van der Waals surface area (Å²) in [5, 5.41) is 2.79. The van der Waals surface area contributed by atoms with Crippen LogP contribution in [0.25, 0.3) is 0 Å². The normalized spacial score (nSPS) is 10.2. The van der Waals surface area contributed by atoms with Crippen molar-refractivity contribution in [3.63, 3.8) is 0 Å². The Bertz CT molecular complexity index is 584. The lowest BCUT2D eigenvalue weighted by Gasteiger charge is -2.06. The van der Waals surface area contributed by atoms with E-state index in [1.54, 1.807) is 12.1 Å². The van der Waals surface area contributed by atoms with E-state index in [9.17, 15) is 4.39 Å². The van der Waals surface area contributed by atoms with Crippen LogP contribution in [0.1, 0.15) is 0 Å². The van der Waals surface area contributed by atoms with Crippen LogP contribution in [0, 0.1) is 5.82 Å². The molecule has 0 fully saturated rings. The predicted octanol–water partition coefficient (Wildman–Crippen LogP) is 3.18. The first-order chi connectivity index (χ1) is 8.58. The first kappa shape index (κ1) is 13.0. The number of nitrogens with one attached hydrogen (secondary N) is 1. The first-order valence-electron chi connectivity index (χ1n) is 4.76. The van der Waals surface area contributed by atoms with Gasteiger partial charge in [-0.1, -0.05) is 0 Å². The van der Waals surface area contributed by atoms with Gasteiger partial charge in [0.15, 0.2) is 0 Å². The Labute approximate surface area is 116 Å². The fraction of sp³-hybridized carbons (Fsp3) is 0.100. The standard InChI is InChI=1S/C10H7BrClFN4O/c1-18-10-16-8(12)15-9(17-10)14-5-2-3-6(11)7(13)4-5/h2-4H,1H3,(H,14,15,16,17). The molecule has 0 aliphatic carbocycles. The number of halogens is 3. The second-order valence-electron chi connectivity index (χ2n) is 3.17. The molecule has 0 saturated heterocycles. The number of nitrogens with zero attached hydrogens (tertiary/aromatic N) is 3. The lowest BCUT2D eigenvalue weighted by Crippen LogP contribution is -2.02. The van der Waals surface area contributed by atoms with Gasteiger partial charge in [-0.3, -0.25) is 0 Å². The van der Waals surface area contributed by atoms with Crippen molar-refractivity contribution >= 4 is 39.2 Å². The van der Waals surface area contributed by atoms with Crippen LogP contribution in [0.15, 0.2) is 22.7 Å². The summed E-state index contributed by atoms with van der Waals surface area (Å²) < 4.78 is 18.5. The maximum atomic E-state index is 13.3. The Morgan fingerprint density at radius 3 is 2.78 bits per heavy atom. The number of ether oxygens (including phenoxy) is 1. The van der Waals surface area contributed by atoms with Crippen LogP contribution in [0.4, 0.5) is 16.0 Å². The molecule has 2 aromatic rings. The Morgan fingerprint density at radius 1 is 1.33 bits per heavy atom. The topological polar surface area (TPSA) is 59.9 Å². The molecule has 2 rings (SSSR count). The highest BCUT2D eigenvalue weighted by atomic mass is 79.9. The fourth-order valence-corrected chi connectivity index (χ4v) is 1.58. The molecule has 1 aromatic heterocycles. The van der Waals surface area contributed by atoms with E-state index < -0.39 is 5.82 Å². The minimum Gasteiger partial charge on any atom is -0.467 e. The van der Waals surface area contributed by atoms with Gasteiger partial charge >= 0.3 is 6.01 Å². The van der Waals surface area contributed by atoms with Gasteiger partial charge in [0.05, 0.1) is 11.6 Å². The highest BCUT2D eigenvalue weighted by Crippen LogP contribution is 2.22. The van der Waals surface area contributed by atoms with Crippen molar-refractivity contribution in [1.29, 1.82) is 0 Å². The van der Waals surface area contributed by atoms with Gasteiger partial charge in [0.2, 0.25) is 11.2 Å². The SMILES string of the molecule is COc1nc(Cl)nc(Nc2ccc(Br)c(F)c2)n1. The van der Waals surface area contributed by atoms with E-state index in [-0.39, 0.29) is 17.2 Å². The monoisotopic (exact) mass is 332 g/mol. The van der Waals surface area contributed by atoms with E-state index in [1.165, 1.54) is 13.2 Å². The van der Waals surface area contributed by atoms with Crippen molar-refractivity contribution in [2.45, 2.75) is 0 Å². The van der Waals surface area contributed by atoms with Crippen LogP contribution in [0.3, 0.4) is 0 Å². The van der Waals surface area contributed by atoms with Crippen molar-refractivity contribution in [3.05, 3.63) is 33.8 Å². The van der Waals surface area contributed by atoms with Gasteiger partial charge in [-0.15, -0.1) is 0 Å². The molecule has 1 aromatic carbocycles. The molecule has 0 bridgehead atoms. The van der Waals surface area contributed by atoms with Crippen LogP contribution in [0.2, 0.25) is 5.28 Å². The van der Waals surface area contributed by atoms with E-state index in [2.05, 4.69) is 36.2 Å². The van der Waals surface area contributed by atoms with Gasteiger partial charge in [-0.05, 0) is 45.7 Å². The van der Waals surface area contributed by atoms with Gasteiger partial charge < -0.3 is 10.1 Å². The molecule has 0 radical (unpaired) electrons. The van der Waals surface area contributed by atoms with E-state index in [0.717, 1.165) is 0 Å². The predicted molar refractivity (Wildman–Crippen MR) is 68.8 cm³/mol. The lowest BCUT2D eigenvalue weighted by atomic mass is 10.3. The third kappa shape index (κ3) is 3.05. The van der Waals surface area contributed by atoms with Crippen molar-refractivity contribution in [2.24, 2.45) is 0 Å². The Kier molecular flexibility index (Phi) is 3.93. The van der Waals surface area contributed by atoms with E-state index in [4.69, 9.17) is 16.3 Å². The second-order valence-corrected chi connectivity index (χ2v) is 4.36. The van der Waals surface area contributed by atoms with Gasteiger partial charge in [0.25, 0.3) is 0 Å². The third-order valence-electron chi connectivity index (χ3n) is 1.95. The summed E-state index contributed by atoms with van der Waals surface area (Å²) in [6.07, 6.45) is 0. The van der Waals surface area contributed by atoms with Gasteiger partial charge in [-0.25, -0.2) is 4.39 Å². The molecular weight excluding hydrogens is 326 g/mol. The molecule has 0 unspecified atom stereocenters. The molecule has 1 heterocycles. The van der Waals surface area contributed by atoms with Gasteiger partial charge in [0, 0.05) is 5.69 Å². The maximum absolute atomic E-state index is 13.3. The maximum Gasteiger partial charge on any atom is 0.322 e. The molecule has 0 aliphatic rings. The molecule has 0 aliphatic heterocycles. The Hall–Kier alpha value is -1.47. The van der Waals surface area contributed by atoms with Crippen molar-refractivity contribution < 1.29 is 9.13 Å². The third-order valence-corrected chi connectivity index (χ3v) is 2.76. The zero-order valence-corrected chi connectivity index (χ0v) is 11.5. The molecular formula is C10H7BrClFN4O. The summed E-state index contributed by atoms with van der Waals surface area (Å²) in [5.74, 6) is -0.222. The van der Waals surface area contributed by atoms with Crippen LogP contribution < -0.4 is 10.1 Å². The average molecular weight is 334 g/mol. The molecule has 0 amide bonds. The van der Waals surface area contributed by atoms with E-state index in [0.29, 0.717) is 10.2 Å². The number of anilines is 2. The fourth-order valence-electron chi connectivity index (χ4n) is 1.18. The summed E-state index contributed by atoms with van der Waals surface area (Å²) in [7, 11) is 1.41. The summed E-state index contributed by atoms with van der Waals surface area (Å²) in [5.41, 5.74) is 0.486. The van der Waals surface area contributed by atoms with Gasteiger partial charge in [0.1, 0.15) is 5.82 Å². The number of benzene rings is 1. The minimum absolute atomic E-state index is 0.0121. The van der Waals surface area contributed by atoms with Crippen LogP contribution in [-0.2, 0) is 0 Å². The largest absolute Gasteiger partial charge is 0.467 e. The molecule has 1 N–H and O–H groups in total. The highest BCUT2D eigenvalue weighted by molar-refractivity contribution is 9.10. The second kappa shape index (κ2) is 5.45. The first-order valence-corrected chi connectivity index (χ1v) is 5.93. The Balaban J connectivity index is 2.27. The molecule has 5 nitrogen and oxygen atoms in total. The van der Waals surface area contributed by atoms with Crippen LogP contribution >= 0.6 is 27.5 Å². The molecule has 94 valence electrons. The smallest absolute Gasteiger partial charge is 0.322 e. The minimum atomic E-state index is -0.396. The van der Waals surface area contributed by atoms with Crippen LogP contribution in [-0.4, -0.2) is 22.1 Å². The van der Waals surface area contributed by atoms with Crippen molar-refractivity contribution in [2.75, 3.05) is 12.4 Å². The summed E-state index contributed by atoms with van der Waals surface area (Å²) in [6.45, 7) is 0. The summed E-state index contributed by atoms with van der Waals surface area (Å²) >= 11 is 8.75. The molecule has 8 heteroatoms. The van der Waals surface area contributed by atoms with Gasteiger partial charge in [-0.2, -0.15) is 15.0 Å². The summed E-state index contributed by atoms with van der Waals surface area (Å²) in [6, 6.07) is 4.61. The number of rotatable bonds is 3. The average Bonchev–Trinajstić information content (AvgIpc) is 2.33. The molecule has 0 spiro atoms. The number of hydrogen-bond donors (Lipinski definition) is 1. The van der Waals surface area contributed by atoms with Crippen LogP contribution in [0.5, 0.6) is 6.01 Å². The lowest BCUT2D eigenvalue weighted by molar-refractivity contribution is 0.379. The van der Waals surface area contributed by atoms with E-state index >= 15 is 0 Å². The molecule has 0 saturated carbocycles. The zero-order chi connectivity index (χ0) is 13.1. The van der Waals surface area contributed by atoms with Crippen molar-refractivity contribution in [1.82, 2.24) is 15.0 Å². The zero-order valence-electron chi connectivity index (χ0n) is 9.12. The quantitative estimate of drug-likeness (QED) is 0.935. The number of aromatic nitrogens is 3. The highest BCUT2D eigenvalue weighted by Gasteiger charge is 2.06.